The van der Waals surface area contributed by atoms with Gasteiger partial charge in [0.05, 0.1) is 0 Å². The van der Waals surface area contributed by atoms with E-state index in [1.807, 2.05) is 0 Å². The van der Waals surface area contributed by atoms with E-state index in [-0.39, 0.29) is 36.4 Å². The van der Waals surface area contributed by atoms with Gasteiger partial charge in [0.2, 0.25) is 8.41 Å². The van der Waals surface area contributed by atoms with Gasteiger partial charge in [0.25, 0.3) is 0 Å². The molecule has 0 atom stereocenters. The molecule has 0 aromatic rings. The Kier molecular flexibility index (Phi) is 76.8. The fraction of sp³-hybridized carbons (Fsp3) is 1.00. The number of rotatable bonds is 0. The first-order chi connectivity index (χ1) is 2.00. The van der Waals surface area contributed by atoms with Gasteiger partial charge < -0.3 is 22.9 Å². The maximum Gasteiger partial charge on any atom is 4.00 e. The van der Waals surface area contributed by atoms with E-state index < -0.39 is 8.41 Å². The van der Waals surface area contributed by atoms with E-state index in [1.54, 1.807) is 19.6 Å². The molecular formula is C3H9F5GeSi. The largest absolute Gasteiger partial charge is 4.00 e. The van der Waals surface area contributed by atoms with Gasteiger partial charge in [0.1, 0.15) is 0 Å². The third-order valence-electron chi connectivity index (χ3n) is 0. The SMILES string of the molecule is C[Si](C)(C)F.[F-].[F-].[F-].[F-].[Ge+4]. The molecule has 0 fully saturated rings. The summed E-state index contributed by atoms with van der Waals surface area (Å²) in [7, 11) is -2.11. The van der Waals surface area contributed by atoms with Gasteiger partial charge in [-0.25, -0.2) is 0 Å². The van der Waals surface area contributed by atoms with Gasteiger partial charge in [-0.15, -0.1) is 0 Å². The molecule has 0 aliphatic heterocycles. The van der Waals surface area contributed by atoms with Gasteiger partial charge in [-0.3, -0.25) is 0 Å². The monoisotopic (exact) mass is 242 g/mol. The van der Waals surface area contributed by atoms with Crippen molar-refractivity contribution >= 4 is 26.0 Å². The molecule has 0 saturated carbocycles. The molecule has 0 aliphatic carbocycles. The Morgan fingerprint density at radius 1 is 0.800 bits per heavy atom. The summed E-state index contributed by atoms with van der Waals surface area (Å²) in [6, 6.07) is 0. The molecular weight excluding hydrogens is 232 g/mol. The Morgan fingerprint density at radius 3 is 0.800 bits per heavy atom. The van der Waals surface area contributed by atoms with Crippen LogP contribution in [0.2, 0.25) is 19.6 Å². The smallest absolute Gasteiger partial charge is 1.00 e. The van der Waals surface area contributed by atoms with Crippen LogP contribution in [0.25, 0.3) is 0 Å². The van der Waals surface area contributed by atoms with E-state index >= 15 is 0 Å². The van der Waals surface area contributed by atoms with Crippen LogP contribution in [0.4, 0.5) is 4.11 Å². The van der Waals surface area contributed by atoms with Gasteiger partial charge in [0, 0.05) is 0 Å². The van der Waals surface area contributed by atoms with Gasteiger partial charge in [0.15, 0.2) is 0 Å². The maximum atomic E-state index is 11.8. The molecule has 10 heavy (non-hydrogen) atoms. The summed E-state index contributed by atoms with van der Waals surface area (Å²) in [5, 5.41) is 0. The zero-order chi connectivity index (χ0) is 4.50. The van der Waals surface area contributed by atoms with Crippen LogP contribution in [0.3, 0.4) is 0 Å². The summed E-state index contributed by atoms with van der Waals surface area (Å²) in [5.41, 5.74) is 0. The first-order valence-corrected chi connectivity index (χ1v) is 5.07. The topological polar surface area (TPSA) is 0 Å². The molecule has 0 saturated heterocycles. The molecule has 0 aliphatic rings. The molecule has 0 heterocycles. The fourth-order valence-corrected chi connectivity index (χ4v) is 0. The van der Waals surface area contributed by atoms with Crippen molar-refractivity contribution in [1.82, 2.24) is 0 Å². The zero-order valence-corrected chi connectivity index (χ0v) is 8.99. The first kappa shape index (κ1) is 47.4. The van der Waals surface area contributed by atoms with Crippen LogP contribution in [0.5, 0.6) is 0 Å². The summed E-state index contributed by atoms with van der Waals surface area (Å²) in [5.74, 6) is 0. The molecule has 0 radical (unpaired) electrons. The molecule has 0 amide bonds. The minimum atomic E-state index is -2.11. The van der Waals surface area contributed by atoms with Gasteiger partial charge >= 0.3 is 17.6 Å². The molecule has 0 nitrogen and oxygen atoms in total. The Morgan fingerprint density at radius 2 is 0.800 bits per heavy atom. The normalized spacial score (nSPS) is 6.00. The van der Waals surface area contributed by atoms with Gasteiger partial charge in [-0.1, -0.05) is 0 Å². The summed E-state index contributed by atoms with van der Waals surface area (Å²) < 4.78 is 11.8. The second-order valence-corrected chi connectivity index (χ2v) is 6.20. The molecule has 0 rings (SSSR count). The fourth-order valence-electron chi connectivity index (χ4n) is 0. The quantitative estimate of drug-likeness (QED) is 0.224. The Labute approximate surface area is 69.2 Å². The van der Waals surface area contributed by atoms with E-state index in [4.69, 9.17) is 0 Å². The number of halogens is 5. The van der Waals surface area contributed by atoms with Crippen molar-refractivity contribution in [2.24, 2.45) is 0 Å². The van der Waals surface area contributed by atoms with E-state index in [0.717, 1.165) is 0 Å². The second kappa shape index (κ2) is 16.2. The second-order valence-electron chi connectivity index (χ2n) is 2.07. The average Bonchev–Trinajstić information content (AvgIpc) is 0.722. The zero-order valence-electron chi connectivity index (χ0n) is 5.89. The molecule has 0 bridgehead atoms. The standard InChI is InChI=1S/C3H9FSi.4FH.Ge/c1-5(2,3)4;;;;;/h1-3H3;4*1H;/q;;;;;+4/p-4. The van der Waals surface area contributed by atoms with Crippen molar-refractivity contribution in [3.05, 3.63) is 0 Å². The summed E-state index contributed by atoms with van der Waals surface area (Å²) in [6.45, 7) is 4.98. The van der Waals surface area contributed by atoms with Gasteiger partial charge in [-0.2, -0.15) is 0 Å². The number of hydrogen-bond acceptors (Lipinski definition) is 0. The van der Waals surface area contributed by atoms with Crippen molar-refractivity contribution in [2.75, 3.05) is 0 Å². The van der Waals surface area contributed by atoms with E-state index in [9.17, 15) is 4.11 Å². The van der Waals surface area contributed by atoms with Crippen molar-refractivity contribution in [1.29, 1.82) is 0 Å². The van der Waals surface area contributed by atoms with Crippen LogP contribution < -0.4 is 18.8 Å². The summed E-state index contributed by atoms with van der Waals surface area (Å²) in [4.78, 5) is 0. The van der Waals surface area contributed by atoms with Crippen LogP contribution in [0.15, 0.2) is 0 Å². The van der Waals surface area contributed by atoms with Crippen LogP contribution >= 0.6 is 0 Å². The van der Waals surface area contributed by atoms with Gasteiger partial charge in [-0.05, 0) is 19.6 Å². The maximum absolute atomic E-state index is 11.8. The molecule has 7 heteroatoms. The molecule has 0 N–H and O–H groups in total. The Hall–Kier alpha value is 0.410. The third kappa shape index (κ3) is 2750. The minimum absolute atomic E-state index is 0. The van der Waals surface area contributed by atoms with Crippen LogP contribution in [-0.4, -0.2) is 26.0 Å². The predicted molar refractivity (Wildman–Crippen MR) is 30.2 cm³/mol. The van der Waals surface area contributed by atoms with Crippen LogP contribution in [0, 0.1) is 0 Å². The van der Waals surface area contributed by atoms with Crippen molar-refractivity contribution in [3.8, 4) is 0 Å². The van der Waals surface area contributed by atoms with Crippen molar-refractivity contribution in [3.63, 3.8) is 0 Å². The van der Waals surface area contributed by atoms with Crippen molar-refractivity contribution < 1.29 is 22.9 Å². The minimum Gasteiger partial charge on any atom is -1.00 e. The predicted octanol–water partition coefficient (Wildman–Crippen LogP) is -10.6. The molecule has 0 aromatic heterocycles. The molecule has 0 unspecified atom stereocenters. The summed E-state index contributed by atoms with van der Waals surface area (Å²) >= 11 is 0. The third-order valence-corrected chi connectivity index (χ3v) is 0. The number of hydrogen-bond donors (Lipinski definition) is 0. The first-order valence-electron chi connectivity index (χ1n) is 1.69. The van der Waals surface area contributed by atoms with E-state index in [2.05, 4.69) is 0 Å². The van der Waals surface area contributed by atoms with E-state index in [1.165, 1.54) is 0 Å². The van der Waals surface area contributed by atoms with Crippen LogP contribution in [0.1, 0.15) is 0 Å². The van der Waals surface area contributed by atoms with Crippen molar-refractivity contribution in [2.45, 2.75) is 19.6 Å². The van der Waals surface area contributed by atoms with E-state index in [0.29, 0.717) is 0 Å². The summed E-state index contributed by atoms with van der Waals surface area (Å²) in [6.07, 6.45) is 0. The average molecular weight is 241 g/mol. The molecule has 0 spiro atoms. The molecule has 64 valence electrons. The Bertz CT molecular complexity index is 32.4. The van der Waals surface area contributed by atoms with Crippen LogP contribution in [-0.2, 0) is 0 Å². The molecule has 0 aromatic carbocycles. The Balaban J connectivity index is -0.00000000800.